The van der Waals surface area contributed by atoms with Crippen LogP contribution in [0.4, 0.5) is 0 Å². The van der Waals surface area contributed by atoms with E-state index in [2.05, 4.69) is 62.4 Å². The van der Waals surface area contributed by atoms with Crippen molar-refractivity contribution in [1.29, 1.82) is 0 Å². The summed E-state index contributed by atoms with van der Waals surface area (Å²) in [5.41, 5.74) is 4.88. The first-order valence-corrected chi connectivity index (χ1v) is 7.96. The topological polar surface area (TPSA) is 26.3 Å². The molecule has 3 heteroatoms. The largest absolute Gasteiger partial charge is 0.468 e. The van der Waals surface area contributed by atoms with E-state index in [9.17, 15) is 4.79 Å². The molecular formula is C18H20O2S. The molecule has 0 atom stereocenters. The number of thioether (sulfide) groups is 1. The van der Waals surface area contributed by atoms with Crippen molar-refractivity contribution < 1.29 is 9.53 Å². The zero-order valence-corrected chi connectivity index (χ0v) is 13.4. The van der Waals surface area contributed by atoms with Crippen LogP contribution in [0.2, 0.25) is 0 Å². The summed E-state index contributed by atoms with van der Waals surface area (Å²) in [4.78, 5) is 11.4. The van der Waals surface area contributed by atoms with E-state index in [-0.39, 0.29) is 11.2 Å². The number of hydrogen-bond acceptors (Lipinski definition) is 3. The highest BCUT2D eigenvalue weighted by Gasteiger charge is 2.16. The second-order valence-electron chi connectivity index (χ2n) is 5.09. The van der Waals surface area contributed by atoms with Crippen molar-refractivity contribution in [3.8, 4) is 0 Å². The van der Waals surface area contributed by atoms with Crippen LogP contribution in [0.15, 0.2) is 48.5 Å². The van der Waals surface area contributed by atoms with Gasteiger partial charge < -0.3 is 4.74 Å². The molecule has 0 fully saturated rings. The zero-order chi connectivity index (χ0) is 15.2. The number of carbonyl (C=O) groups is 1. The second kappa shape index (κ2) is 7.32. The van der Waals surface area contributed by atoms with Gasteiger partial charge >= 0.3 is 5.97 Å². The SMILES string of the molecule is COC(=O)CSC(c1ccc(C)cc1)c1ccc(C)cc1. The molecule has 21 heavy (non-hydrogen) atoms. The fourth-order valence-corrected chi connectivity index (χ4v) is 3.20. The molecule has 0 aliphatic heterocycles. The quantitative estimate of drug-likeness (QED) is 0.770. The average molecular weight is 300 g/mol. The molecule has 0 aromatic heterocycles. The van der Waals surface area contributed by atoms with Crippen molar-refractivity contribution in [2.24, 2.45) is 0 Å². The number of rotatable bonds is 5. The lowest BCUT2D eigenvalue weighted by atomic mass is 10.0. The van der Waals surface area contributed by atoms with Gasteiger partial charge in [-0.3, -0.25) is 4.79 Å². The smallest absolute Gasteiger partial charge is 0.315 e. The van der Waals surface area contributed by atoms with E-state index in [1.807, 2.05) is 0 Å². The molecule has 0 saturated heterocycles. The predicted octanol–water partition coefficient (Wildman–Crippen LogP) is 4.30. The van der Waals surface area contributed by atoms with Gasteiger partial charge in [0, 0.05) is 0 Å². The molecule has 0 spiro atoms. The summed E-state index contributed by atoms with van der Waals surface area (Å²) < 4.78 is 4.75. The van der Waals surface area contributed by atoms with Gasteiger partial charge in [-0.05, 0) is 25.0 Å². The lowest BCUT2D eigenvalue weighted by molar-refractivity contribution is -0.137. The normalized spacial score (nSPS) is 10.7. The van der Waals surface area contributed by atoms with Gasteiger partial charge in [-0.25, -0.2) is 0 Å². The number of benzene rings is 2. The zero-order valence-electron chi connectivity index (χ0n) is 12.6. The third kappa shape index (κ3) is 4.36. The van der Waals surface area contributed by atoms with Gasteiger partial charge in [0.25, 0.3) is 0 Å². The van der Waals surface area contributed by atoms with Crippen molar-refractivity contribution in [2.45, 2.75) is 19.1 Å². The van der Waals surface area contributed by atoms with Crippen molar-refractivity contribution in [3.05, 3.63) is 70.8 Å². The fraction of sp³-hybridized carbons (Fsp3) is 0.278. The number of esters is 1. The molecule has 0 radical (unpaired) electrons. The molecule has 0 bridgehead atoms. The van der Waals surface area contributed by atoms with Crippen LogP contribution in [0.5, 0.6) is 0 Å². The molecule has 110 valence electrons. The van der Waals surface area contributed by atoms with E-state index < -0.39 is 0 Å². The Balaban J connectivity index is 2.27. The third-order valence-electron chi connectivity index (χ3n) is 3.36. The number of ether oxygens (including phenoxy) is 1. The van der Waals surface area contributed by atoms with Crippen molar-refractivity contribution in [2.75, 3.05) is 12.9 Å². The Kier molecular flexibility index (Phi) is 5.45. The predicted molar refractivity (Wildman–Crippen MR) is 88.7 cm³/mol. The van der Waals surface area contributed by atoms with Gasteiger partial charge in [-0.2, -0.15) is 0 Å². The standard InChI is InChI=1S/C18H20O2S/c1-13-4-8-15(9-5-13)18(21-12-17(19)20-3)16-10-6-14(2)7-11-16/h4-11,18H,12H2,1-3H3. The van der Waals surface area contributed by atoms with Crippen LogP contribution in [-0.4, -0.2) is 18.8 Å². The molecule has 2 rings (SSSR count). The lowest BCUT2D eigenvalue weighted by Gasteiger charge is -2.17. The van der Waals surface area contributed by atoms with Crippen LogP contribution in [0.1, 0.15) is 27.5 Å². The van der Waals surface area contributed by atoms with Crippen LogP contribution in [0, 0.1) is 13.8 Å². The first-order chi connectivity index (χ1) is 10.1. The van der Waals surface area contributed by atoms with Crippen molar-refractivity contribution >= 4 is 17.7 Å². The Morgan fingerprint density at radius 2 is 1.38 bits per heavy atom. The van der Waals surface area contributed by atoms with Gasteiger partial charge in [0.05, 0.1) is 18.1 Å². The maximum Gasteiger partial charge on any atom is 0.315 e. The number of hydrogen-bond donors (Lipinski definition) is 0. The molecule has 0 heterocycles. The van der Waals surface area contributed by atoms with E-state index in [4.69, 9.17) is 4.74 Å². The summed E-state index contributed by atoms with van der Waals surface area (Å²) in [7, 11) is 1.43. The third-order valence-corrected chi connectivity index (χ3v) is 4.64. The van der Waals surface area contributed by atoms with E-state index in [0.717, 1.165) is 0 Å². The van der Waals surface area contributed by atoms with E-state index in [0.29, 0.717) is 5.75 Å². The monoisotopic (exact) mass is 300 g/mol. The highest BCUT2D eigenvalue weighted by molar-refractivity contribution is 8.00. The lowest BCUT2D eigenvalue weighted by Crippen LogP contribution is -2.07. The molecular weight excluding hydrogens is 280 g/mol. The maximum atomic E-state index is 11.4. The first-order valence-electron chi connectivity index (χ1n) is 6.91. The second-order valence-corrected chi connectivity index (χ2v) is 6.18. The Morgan fingerprint density at radius 1 is 0.952 bits per heavy atom. The van der Waals surface area contributed by atoms with Crippen LogP contribution in [0.25, 0.3) is 0 Å². The molecule has 0 amide bonds. The summed E-state index contributed by atoms with van der Waals surface area (Å²) in [5.74, 6) is 0.160. The van der Waals surface area contributed by atoms with Crippen molar-refractivity contribution in [3.63, 3.8) is 0 Å². The minimum Gasteiger partial charge on any atom is -0.468 e. The minimum atomic E-state index is -0.191. The van der Waals surface area contributed by atoms with Crippen LogP contribution in [-0.2, 0) is 9.53 Å². The highest BCUT2D eigenvalue weighted by atomic mass is 32.2. The average Bonchev–Trinajstić information content (AvgIpc) is 2.50. The molecule has 2 nitrogen and oxygen atoms in total. The molecule has 0 aliphatic carbocycles. The van der Waals surface area contributed by atoms with Gasteiger partial charge in [-0.1, -0.05) is 59.7 Å². The molecule has 2 aromatic carbocycles. The Bertz CT molecular complexity index is 542. The van der Waals surface area contributed by atoms with E-state index >= 15 is 0 Å². The van der Waals surface area contributed by atoms with Crippen LogP contribution >= 0.6 is 11.8 Å². The fourth-order valence-electron chi connectivity index (χ4n) is 2.08. The molecule has 0 aliphatic rings. The van der Waals surface area contributed by atoms with E-state index in [1.54, 1.807) is 11.8 Å². The molecule has 0 saturated carbocycles. The van der Waals surface area contributed by atoms with Gasteiger partial charge in [0.1, 0.15) is 0 Å². The van der Waals surface area contributed by atoms with Crippen molar-refractivity contribution in [1.82, 2.24) is 0 Å². The summed E-state index contributed by atoms with van der Waals surface area (Å²) in [6.07, 6.45) is 0. The number of aryl methyl sites for hydroxylation is 2. The first kappa shape index (κ1) is 15.6. The Labute approximate surface area is 130 Å². The summed E-state index contributed by atoms with van der Waals surface area (Å²) in [6.45, 7) is 4.15. The Hall–Kier alpha value is -1.74. The number of methoxy groups -OCH3 is 1. The molecule has 0 N–H and O–H groups in total. The summed E-state index contributed by atoms with van der Waals surface area (Å²) in [6, 6.07) is 16.9. The summed E-state index contributed by atoms with van der Waals surface area (Å²) in [5, 5.41) is 0.144. The maximum absolute atomic E-state index is 11.4. The van der Waals surface area contributed by atoms with E-state index in [1.165, 1.54) is 29.4 Å². The van der Waals surface area contributed by atoms with Gasteiger partial charge in [0.2, 0.25) is 0 Å². The van der Waals surface area contributed by atoms with Gasteiger partial charge in [0.15, 0.2) is 0 Å². The molecule has 0 unspecified atom stereocenters. The minimum absolute atomic E-state index is 0.144. The van der Waals surface area contributed by atoms with Crippen LogP contribution < -0.4 is 0 Å². The summed E-state index contributed by atoms with van der Waals surface area (Å²) >= 11 is 1.60. The Morgan fingerprint density at radius 3 is 1.76 bits per heavy atom. The highest BCUT2D eigenvalue weighted by Crippen LogP contribution is 2.35. The van der Waals surface area contributed by atoms with Gasteiger partial charge in [-0.15, -0.1) is 11.8 Å². The molecule has 2 aromatic rings. The van der Waals surface area contributed by atoms with Crippen LogP contribution in [0.3, 0.4) is 0 Å². The number of carbonyl (C=O) groups excluding carboxylic acids is 1.